The molecule has 19 heavy (non-hydrogen) atoms. The number of hydrogen-bond donors (Lipinski definition) is 1. The summed E-state index contributed by atoms with van der Waals surface area (Å²) >= 11 is 0. The molecule has 0 radical (unpaired) electrons. The van der Waals surface area contributed by atoms with E-state index in [1.807, 2.05) is 0 Å². The standard InChI is InChI=1S/C16H32N2O/c1-12-9-18(10-13(2)17(12)5)11-14-7-6-8-16(3,4)15(14)19/h12-15,19H,6-11H2,1-5H3. The Balaban J connectivity index is 1.94. The van der Waals surface area contributed by atoms with E-state index in [1.54, 1.807) is 0 Å². The van der Waals surface area contributed by atoms with Crippen molar-refractivity contribution in [3.63, 3.8) is 0 Å². The number of likely N-dealkylation sites (N-methyl/N-ethyl adjacent to an activating group) is 1. The molecular weight excluding hydrogens is 236 g/mol. The Morgan fingerprint density at radius 2 is 1.74 bits per heavy atom. The third kappa shape index (κ3) is 3.32. The van der Waals surface area contributed by atoms with E-state index < -0.39 is 0 Å². The molecule has 2 rings (SSSR count). The molecule has 112 valence electrons. The van der Waals surface area contributed by atoms with Gasteiger partial charge < -0.3 is 5.11 Å². The fourth-order valence-corrected chi connectivity index (χ4v) is 3.95. The number of nitrogens with zero attached hydrogens (tertiary/aromatic N) is 2. The predicted octanol–water partition coefficient (Wildman–Crippen LogP) is 2.20. The van der Waals surface area contributed by atoms with Gasteiger partial charge in [0.15, 0.2) is 0 Å². The number of hydrogen-bond acceptors (Lipinski definition) is 3. The second kappa shape index (κ2) is 5.71. The van der Waals surface area contributed by atoms with Crippen molar-refractivity contribution in [2.45, 2.75) is 65.1 Å². The van der Waals surface area contributed by atoms with Gasteiger partial charge in [0, 0.05) is 31.7 Å². The average Bonchev–Trinajstić information content (AvgIpc) is 2.32. The zero-order valence-corrected chi connectivity index (χ0v) is 13.4. The van der Waals surface area contributed by atoms with Gasteiger partial charge >= 0.3 is 0 Å². The molecule has 1 heterocycles. The van der Waals surface area contributed by atoms with E-state index in [2.05, 4.69) is 44.5 Å². The summed E-state index contributed by atoms with van der Waals surface area (Å²) in [6.45, 7) is 12.4. The van der Waals surface area contributed by atoms with Crippen LogP contribution in [0.5, 0.6) is 0 Å². The molecule has 1 saturated heterocycles. The van der Waals surface area contributed by atoms with Crippen LogP contribution >= 0.6 is 0 Å². The lowest BCUT2D eigenvalue weighted by atomic mass is 9.69. The van der Waals surface area contributed by atoms with Gasteiger partial charge in [0.25, 0.3) is 0 Å². The van der Waals surface area contributed by atoms with Crippen LogP contribution in [0.4, 0.5) is 0 Å². The van der Waals surface area contributed by atoms with Crippen molar-refractivity contribution in [3.05, 3.63) is 0 Å². The smallest absolute Gasteiger partial charge is 0.0631 e. The summed E-state index contributed by atoms with van der Waals surface area (Å²) in [5.41, 5.74) is 0.104. The molecular formula is C16H32N2O. The summed E-state index contributed by atoms with van der Waals surface area (Å²) in [4.78, 5) is 5.04. The Hall–Kier alpha value is -0.120. The monoisotopic (exact) mass is 268 g/mol. The highest BCUT2D eigenvalue weighted by Gasteiger charge is 2.39. The lowest BCUT2D eigenvalue weighted by Crippen LogP contribution is -2.57. The van der Waals surface area contributed by atoms with E-state index in [9.17, 15) is 5.11 Å². The van der Waals surface area contributed by atoms with Gasteiger partial charge in [-0.05, 0) is 45.1 Å². The molecule has 1 saturated carbocycles. The first-order chi connectivity index (χ1) is 8.81. The zero-order valence-electron chi connectivity index (χ0n) is 13.4. The van der Waals surface area contributed by atoms with Crippen molar-refractivity contribution in [3.8, 4) is 0 Å². The van der Waals surface area contributed by atoms with E-state index in [4.69, 9.17) is 0 Å². The number of aliphatic hydroxyl groups excluding tert-OH is 1. The van der Waals surface area contributed by atoms with Gasteiger partial charge in [-0.3, -0.25) is 9.80 Å². The Labute approximate surface area is 119 Å². The largest absolute Gasteiger partial charge is 0.392 e. The quantitative estimate of drug-likeness (QED) is 0.832. The molecule has 0 aromatic carbocycles. The Morgan fingerprint density at radius 3 is 2.32 bits per heavy atom. The molecule has 3 nitrogen and oxygen atoms in total. The third-order valence-electron chi connectivity index (χ3n) is 5.57. The maximum atomic E-state index is 10.6. The SMILES string of the molecule is CC1CN(CC2CCCC(C)(C)C2O)CC(C)N1C. The van der Waals surface area contributed by atoms with Crippen LogP contribution < -0.4 is 0 Å². The summed E-state index contributed by atoms with van der Waals surface area (Å²) in [6.07, 6.45) is 3.50. The maximum absolute atomic E-state index is 10.6. The van der Waals surface area contributed by atoms with Gasteiger partial charge in [-0.1, -0.05) is 20.3 Å². The molecule has 4 unspecified atom stereocenters. The summed E-state index contributed by atoms with van der Waals surface area (Å²) in [7, 11) is 2.23. The maximum Gasteiger partial charge on any atom is 0.0631 e. The fraction of sp³-hybridized carbons (Fsp3) is 1.00. The van der Waals surface area contributed by atoms with Crippen molar-refractivity contribution in [1.29, 1.82) is 0 Å². The minimum atomic E-state index is -0.133. The second-order valence-electron chi connectivity index (χ2n) is 7.67. The molecule has 1 aliphatic heterocycles. The van der Waals surface area contributed by atoms with Crippen LogP contribution in [-0.2, 0) is 0 Å². The van der Waals surface area contributed by atoms with Crippen LogP contribution in [0.3, 0.4) is 0 Å². The lowest BCUT2D eigenvalue weighted by molar-refractivity contribution is -0.0523. The van der Waals surface area contributed by atoms with Gasteiger partial charge in [0.05, 0.1) is 6.10 Å². The Bertz CT molecular complexity index is 293. The number of aliphatic hydroxyl groups is 1. The average molecular weight is 268 g/mol. The molecule has 3 heteroatoms. The highest BCUT2D eigenvalue weighted by atomic mass is 16.3. The van der Waals surface area contributed by atoms with Gasteiger partial charge in [-0.25, -0.2) is 0 Å². The summed E-state index contributed by atoms with van der Waals surface area (Å²) < 4.78 is 0. The molecule has 1 aliphatic carbocycles. The first-order valence-electron chi connectivity index (χ1n) is 7.93. The van der Waals surface area contributed by atoms with Crippen LogP contribution in [0.15, 0.2) is 0 Å². The molecule has 2 aliphatic rings. The third-order valence-corrected chi connectivity index (χ3v) is 5.57. The van der Waals surface area contributed by atoms with E-state index in [1.165, 1.54) is 19.3 Å². The van der Waals surface area contributed by atoms with E-state index >= 15 is 0 Å². The van der Waals surface area contributed by atoms with Crippen molar-refractivity contribution in [2.24, 2.45) is 11.3 Å². The molecule has 2 fully saturated rings. The van der Waals surface area contributed by atoms with Gasteiger partial charge in [0.2, 0.25) is 0 Å². The predicted molar refractivity (Wildman–Crippen MR) is 80.3 cm³/mol. The van der Waals surface area contributed by atoms with Crippen molar-refractivity contribution < 1.29 is 5.11 Å². The molecule has 0 spiro atoms. The Kier molecular flexibility index (Phi) is 4.59. The topological polar surface area (TPSA) is 26.7 Å². The number of rotatable bonds is 2. The van der Waals surface area contributed by atoms with E-state index in [-0.39, 0.29) is 11.5 Å². The van der Waals surface area contributed by atoms with Gasteiger partial charge in [-0.15, -0.1) is 0 Å². The van der Waals surface area contributed by atoms with Crippen LogP contribution in [-0.4, -0.2) is 59.8 Å². The minimum absolute atomic E-state index is 0.104. The summed E-state index contributed by atoms with van der Waals surface area (Å²) in [5, 5.41) is 10.6. The van der Waals surface area contributed by atoms with Crippen LogP contribution in [0.25, 0.3) is 0 Å². The molecule has 4 atom stereocenters. The second-order valence-corrected chi connectivity index (χ2v) is 7.67. The Morgan fingerprint density at radius 1 is 1.16 bits per heavy atom. The fourth-order valence-electron chi connectivity index (χ4n) is 3.95. The minimum Gasteiger partial charge on any atom is -0.392 e. The van der Waals surface area contributed by atoms with Crippen molar-refractivity contribution in [1.82, 2.24) is 9.80 Å². The van der Waals surface area contributed by atoms with Crippen molar-refractivity contribution >= 4 is 0 Å². The normalized spacial score (nSPS) is 41.4. The number of piperazine rings is 1. The molecule has 0 bridgehead atoms. The van der Waals surface area contributed by atoms with Gasteiger partial charge in [-0.2, -0.15) is 0 Å². The zero-order chi connectivity index (χ0) is 14.2. The molecule has 0 aromatic rings. The van der Waals surface area contributed by atoms with Crippen LogP contribution in [0, 0.1) is 11.3 Å². The van der Waals surface area contributed by atoms with Crippen molar-refractivity contribution in [2.75, 3.05) is 26.7 Å². The highest BCUT2D eigenvalue weighted by molar-refractivity contribution is 4.91. The van der Waals surface area contributed by atoms with Crippen LogP contribution in [0.2, 0.25) is 0 Å². The van der Waals surface area contributed by atoms with E-state index in [0.717, 1.165) is 19.6 Å². The molecule has 0 aromatic heterocycles. The lowest BCUT2D eigenvalue weighted by Gasteiger charge is -2.46. The summed E-state index contributed by atoms with van der Waals surface area (Å²) in [6, 6.07) is 1.25. The van der Waals surface area contributed by atoms with Gasteiger partial charge in [0.1, 0.15) is 0 Å². The van der Waals surface area contributed by atoms with Crippen LogP contribution in [0.1, 0.15) is 47.0 Å². The first kappa shape index (κ1) is 15.3. The summed E-state index contributed by atoms with van der Waals surface area (Å²) in [5.74, 6) is 0.464. The first-order valence-corrected chi connectivity index (χ1v) is 7.93. The molecule has 1 N–H and O–H groups in total. The molecule has 0 amide bonds. The van der Waals surface area contributed by atoms with E-state index in [0.29, 0.717) is 18.0 Å². The highest BCUT2D eigenvalue weighted by Crippen LogP contribution is 2.39.